The molecule has 0 spiro atoms. The van der Waals surface area contributed by atoms with E-state index in [1.807, 2.05) is 19.2 Å². The average Bonchev–Trinajstić information content (AvgIpc) is 2.69. The average molecular weight is 365 g/mol. The van der Waals surface area contributed by atoms with Crippen LogP contribution in [0.2, 0.25) is 9.36 Å². The van der Waals surface area contributed by atoms with Crippen molar-refractivity contribution < 1.29 is 0 Å². The smallest absolute Gasteiger partial charge is 0.107 e. The molecule has 0 fully saturated rings. The molecule has 18 heavy (non-hydrogen) atoms. The van der Waals surface area contributed by atoms with Gasteiger partial charge >= 0.3 is 0 Å². The zero-order valence-corrected chi connectivity index (χ0v) is 13.6. The van der Waals surface area contributed by atoms with E-state index in [0.717, 1.165) is 20.3 Å². The molecule has 1 N–H and O–H groups in total. The monoisotopic (exact) mass is 363 g/mol. The number of hydrogen-bond donors (Lipinski definition) is 1. The Kier molecular flexibility index (Phi) is 5.10. The van der Waals surface area contributed by atoms with E-state index in [1.54, 1.807) is 11.3 Å². The normalized spacial score (nSPS) is 12.7. The molecule has 0 saturated carbocycles. The third kappa shape index (κ3) is 3.49. The molecular weight excluding hydrogens is 353 g/mol. The predicted molar refractivity (Wildman–Crippen MR) is 84.0 cm³/mol. The second-order valence-electron chi connectivity index (χ2n) is 3.94. The van der Waals surface area contributed by atoms with Crippen molar-refractivity contribution in [2.24, 2.45) is 0 Å². The molecule has 1 atom stereocenters. The molecule has 0 aliphatic rings. The molecule has 0 aliphatic heterocycles. The second kappa shape index (κ2) is 6.40. The zero-order valence-electron chi connectivity index (χ0n) is 9.71. The van der Waals surface area contributed by atoms with E-state index >= 15 is 0 Å². The van der Waals surface area contributed by atoms with E-state index in [-0.39, 0.29) is 6.04 Å². The molecule has 0 aliphatic carbocycles. The lowest BCUT2D eigenvalue weighted by Crippen LogP contribution is -2.17. The summed E-state index contributed by atoms with van der Waals surface area (Å²) >= 11 is 17.0. The lowest BCUT2D eigenvalue weighted by atomic mass is 10.1. The minimum Gasteiger partial charge on any atom is -0.312 e. The fourth-order valence-corrected chi connectivity index (χ4v) is 3.71. The van der Waals surface area contributed by atoms with E-state index < -0.39 is 0 Å². The predicted octanol–water partition coefficient (Wildman–Crippen LogP) is 5.32. The molecule has 0 amide bonds. The maximum atomic E-state index is 6.08. The van der Waals surface area contributed by atoms with Crippen molar-refractivity contribution in [2.45, 2.75) is 12.5 Å². The van der Waals surface area contributed by atoms with Crippen molar-refractivity contribution in [1.82, 2.24) is 5.32 Å². The maximum absolute atomic E-state index is 6.08. The lowest BCUT2D eigenvalue weighted by Gasteiger charge is -2.14. The first-order chi connectivity index (χ1) is 8.60. The summed E-state index contributed by atoms with van der Waals surface area (Å²) in [5, 5.41) is 4.09. The highest BCUT2D eigenvalue weighted by Crippen LogP contribution is 2.36. The van der Waals surface area contributed by atoms with Gasteiger partial charge in [-0.05, 0) is 53.2 Å². The molecule has 1 nitrogen and oxygen atoms in total. The SMILES string of the molecule is CNC(Cc1ccc(Cl)cc1)c1cc(Br)c(Cl)s1. The maximum Gasteiger partial charge on any atom is 0.107 e. The molecule has 0 saturated heterocycles. The Hall–Kier alpha value is -0.0600. The van der Waals surface area contributed by atoms with Gasteiger partial charge in [-0.1, -0.05) is 35.3 Å². The number of thiophene rings is 1. The van der Waals surface area contributed by atoms with Crippen LogP contribution in [0.4, 0.5) is 0 Å². The van der Waals surface area contributed by atoms with Gasteiger partial charge in [-0.2, -0.15) is 0 Å². The van der Waals surface area contributed by atoms with Gasteiger partial charge in [0.1, 0.15) is 4.34 Å². The van der Waals surface area contributed by atoms with Gasteiger partial charge in [-0.15, -0.1) is 11.3 Å². The molecule has 1 heterocycles. The van der Waals surface area contributed by atoms with Crippen LogP contribution in [0.3, 0.4) is 0 Å². The van der Waals surface area contributed by atoms with Gasteiger partial charge in [0.25, 0.3) is 0 Å². The number of hydrogen-bond acceptors (Lipinski definition) is 2. The summed E-state index contributed by atoms with van der Waals surface area (Å²) in [6.45, 7) is 0. The molecule has 1 aromatic carbocycles. The Labute approximate surface area is 129 Å². The summed E-state index contributed by atoms with van der Waals surface area (Å²) in [6.07, 6.45) is 0.914. The minimum atomic E-state index is 0.264. The highest BCUT2D eigenvalue weighted by molar-refractivity contribution is 9.10. The van der Waals surface area contributed by atoms with Gasteiger partial charge in [0.2, 0.25) is 0 Å². The Morgan fingerprint density at radius 2 is 1.94 bits per heavy atom. The van der Waals surface area contributed by atoms with Crippen LogP contribution in [0, 0.1) is 0 Å². The Morgan fingerprint density at radius 3 is 2.44 bits per heavy atom. The third-order valence-corrected chi connectivity index (χ3v) is 5.55. The fourth-order valence-electron chi connectivity index (χ4n) is 1.74. The molecule has 2 aromatic rings. The van der Waals surface area contributed by atoms with Gasteiger partial charge in [0.05, 0.1) is 0 Å². The first-order valence-electron chi connectivity index (χ1n) is 5.46. The van der Waals surface area contributed by atoms with Gasteiger partial charge in [-0.3, -0.25) is 0 Å². The summed E-state index contributed by atoms with van der Waals surface area (Å²) in [6, 6.07) is 10.3. The molecule has 2 rings (SSSR count). The first-order valence-corrected chi connectivity index (χ1v) is 7.83. The highest BCUT2D eigenvalue weighted by atomic mass is 79.9. The van der Waals surface area contributed by atoms with E-state index in [2.05, 4.69) is 39.4 Å². The molecule has 1 unspecified atom stereocenters. The van der Waals surface area contributed by atoms with Crippen LogP contribution in [0.5, 0.6) is 0 Å². The molecular formula is C13H12BrCl2NS. The standard InChI is InChI=1S/C13H12BrCl2NS/c1-17-11(12-7-10(14)13(16)18-12)6-8-2-4-9(15)5-3-8/h2-5,7,11,17H,6H2,1H3. The quantitative estimate of drug-likeness (QED) is 0.773. The number of rotatable bonds is 4. The van der Waals surface area contributed by atoms with E-state index in [4.69, 9.17) is 23.2 Å². The Bertz CT molecular complexity index is 505. The van der Waals surface area contributed by atoms with Crippen LogP contribution < -0.4 is 5.32 Å². The van der Waals surface area contributed by atoms with Crippen LogP contribution in [-0.2, 0) is 6.42 Å². The number of benzene rings is 1. The minimum absolute atomic E-state index is 0.264. The van der Waals surface area contributed by atoms with Crippen molar-refractivity contribution in [3.63, 3.8) is 0 Å². The van der Waals surface area contributed by atoms with Crippen molar-refractivity contribution in [2.75, 3.05) is 7.05 Å². The lowest BCUT2D eigenvalue weighted by molar-refractivity contribution is 0.602. The van der Waals surface area contributed by atoms with Crippen molar-refractivity contribution in [3.05, 3.63) is 54.6 Å². The van der Waals surface area contributed by atoms with Gasteiger partial charge < -0.3 is 5.32 Å². The van der Waals surface area contributed by atoms with Crippen LogP contribution in [0.15, 0.2) is 34.8 Å². The van der Waals surface area contributed by atoms with Crippen LogP contribution in [-0.4, -0.2) is 7.05 Å². The first kappa shape index (κ1) is 14.4. The van der Waals surface area contributed by atoms with E-state index in [0.29, 0.717) is 0 Å². The van der Waals surface area contributed by atoms with Gasteiger partial charge in [0, 0.05) is 20.4 Å². The Morgan fingerprint density at radius 1 is 1.28 bits per heavy atom. The van der Waals surface area contributed by atoms with Crippen molar-refractivity contribution in [3.8, 4) is 0 Å². The van der Waals surface area contributed by atoms with E-state index in [9.17, 15) is 0 Å². The molecule has 1 aromatic heterocycles. The summed E-state index contributed by atoms with van der Waals surface area (Å²) < 4.78 is 1.75. The molecule has 0 bridgehead atoms. The molecule has 0 radical (unpaired) electrons. The number of halogens is 3. The number of likely N-dealkylation sites (N-methyl/N-ethyl adjacent to an activating group) is 1. The number of nitrogens with one attached hydrogen (secondary N) is 1. The van der Waals surface area contributed by atoms with Gasteiger partial charge in [-0.25, -0.2) is 0 Å². The second-order valence-corrected chi connectivity index (χ2v) is 6.92. The van der Waals surface area contributed by atoms with Crippen LogP contribution in [0.1, 0.15) is 16.5 Å². The topological polar surface area (TPSA) is 12.0 Å². The third-order valence-electron chi connectivity index (χ3n) is 2.71. The summed E-state index contributed by atoms with van der Waals surface area (Å²) in [5.74, 6) is 0. The van der Waals surface area contributed by atoms with Crippen LogP contribution in [0.25, 0.3) is 0 Å². The Balaban J connectivity index is 2.16. The summed E-state index contributed by atoms with van der Waals surface area (Å²) in [4.78, 5) is 1.23. The van der Waals surface area contributed by atoms with Crippen LogP contribution >= 0.6 is 50.5 Å². The summed E-state index contributed by atoms with van der Waals surface area (Å²) in [5.41, 5.74) is 1.25. The largest absolute Gasteiger partial charge is 0.312 e. The van der Waals surface area contributed by atoms with Gasteiger partial charge in [0.15, 0.2) is 0 Å². The fraction of sp³-hybridized carbons (Fsp3) is 0.231. The highest BCUT2D eigenvalue weighted by Gasteiger charge is 2.14. The molecule has 5 heteroatoms. The summed E-state index contributed by atoms with van der Waals surface area (Å²) in [7, 11) is 1.96. The van der Waals surface area contributed by atoms with Crippen molar-refractivity contribution in [1.29, 1.82) is 0 Å². The van der Waals surface area contributed by atoms with E-state index in [1.165, 1.54) is 10.4 Å². The van der Waals surface area contributed by atoms with Crippen molar-refractivity contribution >= 4 is 50.5 Å². The zero-order chi connectivity index (χ0) is 13.1. The molecule has 96 valence electrons.